The van der Waals surface area contributed by atoms with E-state index in [-0.39, 0.29) is 17.9 Å². The second-order valence-electron chi connectivity index (χ2n) is 5.29. The molecule has 3 aromatic rings. The molecule has 0 radical (unpaired) electrons. The Bertz CT molecular complexity index is 1110. The van der Waals surface area contributed by atoms with Crippen LogP contribution in [0.3, 0.4) is 0 Å². The van der Waals surface area contributed by atoms with Gasteiger partial charge in [-0.05, 0) is 31.2 Å². The molecular formula is C17H15N3O4S. The van der Waals surface area contributed by atoms with Crippen LogP contribution in [0.5, 0.6) is 5.75 Å². The van der Waals surface area contributed by atoms with Crippen LogP contribution in [0.25, 0.3) is 16.4 Å². The number of ether oxygens (including phenoxy) is 1. The molecule has 0 atom stereocenters. The van der Waals surface area contributed by atoms with Gasteiger partial charge in [-0.15, -0.1) is 0 Å². The molecule has 128 valence electrons. The summed E-state index contributed by atoms with van der Waals surface area (Å²) in [6.07, 6.45) is 1.77. The molecule has 0 saturated heterocycles. The van der Waals surface area contributed by atoms with Crippen LogP contribution in [0.1, 0.15) is 17.3 Å². The number of pyridine rings is 1. The first-order chi connectivity index (χ1) is 12.0. The second-order valence-corrected chi connectivity index (χ2v) is 7.30. The summed E-state index contributed by atoms with van der Waals surface area (Å²) < 4.78 is 32.7. The number of sulfonamides is 1. The minimum atomic E-state index is -3.67. The molecule has 0 bridgehead atoms. The number of hydrogen-bond donors (Lipinski definition) is 1. The highest BCUT2D eigenvalue weighted by Gasteiger charge is 2.21. The molecule has 1 N–H and O–H groups in total. The molecule has 25 heavy (non-hydrogen) atoms. The molecule has 7 nitrogen and oxygen atoms in total. The summed E-state index contributed by atoms with van der Waals surface area (Å²) in [5.74, 6) is -0.370. The number of nitrogens with one attached hydrogen (secondary N) is 1. The second kappa shape index (κ2) is 6.45. The Morgan fingerprint density at radius 3 is 2.80 bits per heavy atom. The van der Waals surface area contributed by atoms with E-state index in [0.717, 1.165) is 0 Å². The largest absolute Gasteiger partial charge is 0.479 e. The van der Waals surface area contributed by atoms with Crippen LogP contribution in [-0.4, -0.2) is 31.1 Å². The van der Waals surface area contributed by atoms with Crippen LogP contribution < -0.4 is 9.46 Å². The Labute approximate surface area is 144 Å². The van der Waals surface area contributed by atoms with Crippen LogP contribution in [-0.2, 0) is 10.0 Å². The van der Waals surface area contributed by atoms with Gasteiger partial charge in [-0.25, -0.2) is 13.1 Å². The van der Waals surface area contributed by atoms with Gasteiger partial charge in [0.2, 0.25) is 10.0 Å². The zero-order valence-electron chi connectivity index (χ0n) is 13.4. The van der Waals surface area contributed by atoms with E-state index in [0.29, 0.717) is 22.2 Å². The smallest absolute Gasteiger partial charge is 0.267 e. The van der Waals surface area contributed by atoms with Gasteiger partial charge in [0.05, 0.1) is 22.3 Å². The number of carbonyl (C=O) groups excluding carboxylic acids is 1. The number of amides is 1. The molecule has 0 aliphatic carbocycles. The fraction of sp³-hybridized carbons (Fsp3) is 0.176. The van der Waals surface area contributed by atoms with E-state index in [2.05, 4.69) is 4.72 Å². The predicted molar refractivity (Wildman–Crippen MR) is 92.9 cm³/mol. The Kier molecular flexibility index (Phi) is 4.33. The van der Waals surface area contributed by atoms with Gasteiger partial charge >= 0.3 is 0 Å². The van der Waals surface area contributed by atoms with Crippen molar-refractivity contribution in [3.8, 4) is 11.8 Å². The van der Waals surface area contributed by atoms with Crippen molar-refractivity contribution in [3.63, 3.8) is 0 Å². The Morgan fingerprint density at radius 1 is 1.28 bits per heavy atom. The van der Waals surface area contributed by atoms with Crippen molar-refractivity contribution in [1.82, 2.24) is 9.12 Å². The topological polar surface area (TPSA) is 101 Å². The van der Waals surface area contributed by atoms with Crippen molar-refractivity contribution in [2.24, 2.45) is 0 Å². The number of carbonyl (C=O) groups is 1. The first-order valence-corrected chi connectivity index (χ1v) is 9.19. The average Bonchev–Trinajstić information content (AvgIpc) is 2.93. The predicted octanol–water partition coefficient (Wildman–Crippen LogP) is 2.07. The van der Waals surface area contributed by atoms with E-state index in [9.17, 15) is 13.2 Å². The number of fused-ring (bicyclic) bond motifs is 3. The molecular weight excluding hydrogens is 342 g/mol. The van der Waals surface area contributed by atoms with Crippen molar-refractivity contribution in [2.45, 2.75) is 6.92 Å². The number of rotatable bonds is 5. The Balaban J connectivity index is 2.20. The molecule has 1 amide bonds. The number of nitriles is 1. The molecule has 1 aromatic carbocycles. The van der Waals surface area contributed by atoms with Gasteiger partial charge in [-0.3, -0.25) is 4.79 Å². The fourth-order valence-electron chi connectivity index (χ4n) is 2.63. The normalized spacial score (nSPS) is 11.4. The summed E-state index contributed by atoms with van der Waals surface area (Å²) in [6.45, 7) is 1.38. The van der Waals surface area contributed by atoms with Gasteiger partial charge in [0.25, 0.3) is 5.91 Å². The van der Waals surface area contributed by atoms with E-state index in [4.69, 9.17) is 10.00 Å². The summed E-state index contributed by atoms with van der Waals surface area (Å²) in [5.41, 5.74) is 1.54. The monoisotopic (exact) mass is 357 g/mol. The fourth-order valence-corrected chi connectivity index (χ4v) is 3.15. The molecule has 0 unspecified atom stereocenters. The molecule has 2 aromatic heterocycles. The van der Waals surface area contributed by atoms with Crippen molar-refractivity contribution < 1.29 is 17.9 Å². The summed E-state index contributed by atoms with van der Waals surface area (Å²) in [7, 11) is -3.67. The maximum Gasteiger partial charge on any atom is 0.267 e. The Hall–Kier alpha value is -3.05. The zero-order valence-corrected chi connectivity index (χ0v) is 14.2. The van der Waals surface area contributed by atoms with Crippen molar-refractivity contribution in [2.75, 3.05) is 12.4 Å². The van der Waals surface area contributed by atoms with Crippen LogP contribution in [0.15, 0.2) is 42.6 Å². The molecule has 8 heteroatoms. The molecule has 0 fully saturated rings. The minimum Gasteiger partial charge on any atom is -0.479 e. The van der Waals surface area contributed by atoms with E-state index in [1.165, 1.54) is 6.92 Å². The van der Waals surface area contributed by atoms with E-state index in [1.54, 1.807) is 47.0 Å². The van der Waals surface area contributed by atoms with Gasteiger partial charge in [0.1, 0.15) is 11.8 Å². The van der Waals surface area contributed by atoms with Crippen molar-refractivity contribution in [1.29, 1.82) is 5.26 Å². The third kappa shape index (κ3) is 3.14. The van der Waals surface area contributed by atoms with E-state index >= 15 is 0 Å². The van der Waals surface area contributed by atoms with E-state index in [1.807, 2.05) is 6.07 Å². The van der Waals surface area contributed by atoms with Crippen LogP contribution in [0.2, 0.25) is 0 Å². The van der Waals surface area contributed by atoms with E-state index < -0.39 is 15.9 Å². The van der Waals surface area contributed by atoms with Gasteiger partial charge in [-0.1, -0.05) is 6.07 Å². The van der Waals surface area contributed by atoms with Crippen molar-refractivity contribution in [3.05, 3.63) is 48.2 Å². The van der Waals surface area contributed by atoms with Crippen molar-refractivity contribution >= 4 is 32.4 Å². The molecule has 2 heterocycles. The summed E-state index contributed by atoms with van der Waals surface area (Å²) in [4.78, 5) is 12.6. The highest BCUT2D eigenvalue weighted by molar-refractivity contribution is 7.90. The highest BCUT2D eigenvalue weighted by atomic mass is 32.2. The maximum absolute atomic E-state index is 12.6. The number of aromatic nitrogens is 1. The standard InChI is InChI=1S/C17H15N3O4S/c1-2-25(22,23)19-17(21)16-13-7-6-12(24-10-8-18)11-15(13)20-9-4-3-5-14(16)20/h3-7,9,11H,2,10H2,1H3,(H,19,21). The summed E-state index contributed by atoms with van der Waals surface area (Å²) >= 11 is 0. The third-order valence-corrected chi connectivity index (χ3v) is 5.03. The lowest BCUT2D eigenvalue weighted by molar-refractivity contribution is 0.0984. The summed E-state index contributed by atoms with van der Waals surface area (Å²) in [6, 6.07) is 12.3. The molecule has 3 rings (SSSR count). The highest BCUT2D eigenvalue weighted by Crippen LogP contribution is 2.29. The van der Waals surface area contributed by atoms with Gasteiger partial charge in [-0.2, -0.15) is 5.26 Å². The lowest BCUT2D eigenvalue weighted by Gasteiger charge is -2.05. The maximum atomic E-state index is 12.6. The minimum absolute atomic E-state index is 0.0864. The molecule has 0 aliphatic heterocycles. The number of benzene rings is 1. The first kappa shape index (κ1) is 16.8. The average molecular weight is 357 g/mol. The van der Waals surface area contributed by atoms with Crippen LogP contribution in [0, 0.1) is 11.3 Å². The molecule has 0 aliphatic rings. The Morgan fingerprint density at radius 2 is 2.08 bits per heavy atom. The zero-order chi connectivity index (χ0) is 18.0. The number of nitrogens with zero attached hydrogens (tertiary/aromatic N) is 2. The molecule has 0 spiro atoms. The molecule has 0 saturated carbocycles. The summed E-state index contributed by atoms with van der Waals surface area (Å²) in [5, 5.41) is 9.23. The van der Waals surface area contributed by atoms with Gasteiger partial charge in [0.15, 0.2) is 6.61 Å². The first-order valence-electron chi connectivity index (χ1n) is 7.54. The van der Waals surface area contributed by atoms with Gasteiger partial charge in [0, 0.05) is 17.6 Å². The lowest BCUT2D eigenvalue weighted by atomic mass is 10.1. The van der Waals surface area contributed by atoms with Crippen LogP contribution >= 0.6 is 0 Å². The SMILES string of the molecule is CCS(=O)(=O)NC(=O)c1c2ccc(OCC#N)cc2n2ccccc12. The van der Waals surface area contributed by atoms with Gasteiger partial charge < -0.3 is 9.14 Å². The lowest BCUT2D eigenvalue weighted by Crippen LogP contribution is -2.31. The quantitative estimate of drug-likeness (QED) is 0.753. The third-order valence-electron chi connectivity index (χ3n) is 3.77. The number of hydrogen-bond acceptors (Lipinski definition) is 5. The van der Waals surface area contributed by atoms with Crippen LogP contribution in [0.4, 0.5) is 0 Å².